The second kappa shape index (κ2) is 8.61. The Morgan fingerprint density at radius 2 is 2.06 bits per heavy atom. The van der Waals surface area contributed by atoms with Crippen LogP contribution in [-0.4, -0.2) is 42.4 Å². The number of ether oxygens (including phenoxy) is 3. The van der Waals surface area contributed by atoms with E-state index in [1.165, 1.54) is 27.0 Å². The SMILES string of the molecule is CC=C(C1=C(C)C(Oc2ccc3c(c2)OCC3CC(=O)O)CC1)C(F)(F)C(C)(C)OC. The molecule has 5 nitrogen and oxygen atoms in total. The highest BCUT2D eigenvalue weighted by Gasteiger charge is 2.51. The highest BCUT2D eigenvalue weighted by Crippen LogP contribution is 2.46. The fraction of sp³-hybridized carbons (Fsp3) is 0.542. The lowest BCUT2D eigenvalue weighted by molar-refractivity contribution is -0.153. The monoisotopic (exact) mass is 436 g/mol. The first-order valence-electron chi connectivity index (χ1n) is 10.5. The Labute approximate surface area is 181 Å². The van der Waals surface area contributed by atoms with Crippen LogP contribution in [0.5, 0.6) is 11.5 Å². The Kier molecular flexibility index (Phi) is 6.46. The molecule has 0 saturated heterocycles. The standard InChI is InChI=1S/C24H30F2O5/c1-6-19(24(25,26)23(3,4)29-5)17-9-10-20(14(17)2)31-16-7-8-18-15(11-22(27)28)13-30-21(18)12-16/h6-8,12,15,20H,9-11,13H2,1-5H3,(H,27,28). The number of rotatable bonds is 8. The van der Waals surface area contributed by atoms with Gasteiger partial charge in [0.2, 0.25) is 0 Å². The Morgan fingerprint density at radius 3 is 2.68 bits per heavy atom. The zero-order valence-electron chi connectivity index (χ0n) is 18.6. The second-order valence-corrected chi connectivity index (χ2v) is 8.60. The average molecular weight is 436 g/mol. The van der Waals surface area contributed by atoms with Gasteiger partial charge in [-0.1, -0.05) is 12.1 Å². The molecule has 1 heterocycles. The van der Waals surface area contributed by atoms with Crippen LogP contribution >= 0.6 is 0 Å². The number of alkyl halides is 2. The van der Waals surface area contributed by atoms with Crippen LogP contribution < -0.4 is 9.47 Å². The van der Waals surface area contributed by atoms with E-state index in [9.17, 15) is 4.79 Å². The number of carbonyl (C=O) groups is 1. The van der Waals surface area contributed by atoms with Crippen molar-refractivity contribution in [3.05, 3.63) is 46.6 Å². The topological polar surface area (TPSA) is 65.0 Å². The maximum atomic E-state index is 15.2. The molecule has 0 aromatic heterocycles. The summed E-state index contributed by atoms with van der Waals surface area (Å²) >= 11 is 0. The van der Waals surface area contributed by atoms with Gasteiger partial charge in [0.05, 0.1) is 13.0 Å². The van der Waals surface area contributed by atoms with Crippen molar-refractivity contribution in [2.75, 3.05) is 13.7 Å². The van der Waals surface area contributed by atoms with Crippen molar-refractivity contribution in [3.8, 4) is 11.5 Å². The minimum atomic E-state index is -3.15. The van der Waals surface area contributed by atoms with Gasteiger partial charge in [-0.05, 0) is 57.7 Å². The lowest BCUT2D eigenvalue weighted by Crippen LogP contribution is -2.46. The first kappa shape index (κ1) is 23.3. The third kappa shape index (κ3) is 4.33. The summed E-state index contributed by atoms with van der Waals surface area (Å²) in [5, 5.41) is 9.04. The van der Waals surface area contributed by atoms with Gasteiger partial charge in [-0.3, -0.25) is 4.79 Å². The Balaban J connectivity index is 1.80. The third-order valence-corrected chi connectivity index (χ3v) is 6.40. The molecule has 0 fully saturated rings. The van der Waals surface area contributed by atoms with Gasteiger partial charge in [0.1, 0.15) is 23.2 Å². The van der Waals surface area contributed by atoms with E-state index in [0.717, 1.165) is 11.1 Å². The Bertz CT molecular complexity index is 917. The van der Waals surface area contributed by atoms with Crippen LogP contribution in [0.15, 0.2) is 41.0 Å². The van der Waals surface area contributed by atoms with Crippen LogP contribution in [0.1, 0.15) is 58.4 Å². The van der Waals surface area contributed by atoms with Gasteiger partial charge in [0.15, 0.2) is 0 Å². The molecule has 170 valence electrons. The van der Waals surface area contributed by atoms with Crippen molar-refractivity contribution in [1.82, 2.24) is 0 Å². The van der Waals surface area contributed by atoms with Crippen molar-refractivity contribution in [1.29, 1.82) is 0 Å². The fourth-order valence-corrected chi connectivity index (χ4v) is 4.25. The molecule has 1 aromatic rings. The van der Waals surface area contributed by atoms with Gasteiger partial charge in [-0.25, -0.2) is 0 Å². The summed E-state index contributed by atoms with van der Waals surface area (Å²) in [6.07, 6.45) is 2.25. The largest absolute Gasteiger partial charge is 0.492 e. The van der Waals surface area contributed by atoms with E-state index in [2.05, 4.69) is 0 Å². The smallest absolute Gasteiger partial charge is 0.304 e. The van der Waals surface area contributed by atoms with E-state index < -0.39 is 17.5 Å². The van der Waals surface area contributed by atoms with E-state index in [0.29, 0.717) is 36.5 Å². The van der Waals surface area contributed by atoms with Crippen LogP contribution in [0.4, 0.5) is 8.78 Å². The van der Waals surface area contributed by atoms with Crippen molar-refractivity contribution in [3.63, 3.8) is 0 Å². The first-order chi connectivity index (χ1) is 14.5. The van der Waals surface area contributed by atoms with Gasteiger partial charge in [0.25, 0.3) is 0 Å². The van der Waals surface area contributed by atoms with E-state index in [4.69, 9.17) is 19.3 Å². The number of fused-ring (bicyclic) bond motifs is 1. The molecule has 0 spiro atoms. The number of hydrogen-bond donors (Lipinski definition) is 1. The number of allylic oxidation sites excluding steroid dienone is 2. The van der Waals surface area contributed by atoms with E-state index in [1.807, 2.05) is 13.0 Å². The Morgan fingerprint density at radius 1 is 1.35 bits per heavy atom. The molecule has 0 saturated carbocycles. The van der Waals surface area contributed by atoms with Gasteiger partial charge in [-0.2, -0.15) is 8.78 Å². The molecule has 7 heteroatoms. The van der Waals surface area contributed by atoms with E-state index >= 15 is 8.78 Å². The molecule has 1 aliphatic carbocycles. The summed E-state index contributed by atoms with van der Waals surface area (Å²) in [6.45, 7) is 6.55. The van der Waals surface area contributed by atoms with Gasteiger partial charge < -0.3 is 19.3 Å². The van der Waals surface area contributed by atoms with Crippen molar-refractivity contribution in [2.45, 2.75) is 70.5 Å². The maximum Gasteiger partial charge on any atom is 0.304 e. The molecule has 1 aliphatic heterocycles. The molecule has 31 heavy (non-hydrogen) atoms. The average Bonchev–Trinajstić information content (AvgIpc) is 3.26. The number of methoxy groups -OCH3 is 1. The van der Waals surface area contributed by atoms with Crippen LogP contribution in [0.25, 0.3) is 0 Å². The lowest BCUT2D eigenvalue weighted by atomic mass is 9.87. The minimum absolute atomic E-state index is 0.0131. The summed E-state index contributed by atoms with van der Waals surface area (Å²) in [5.74, 6) is -3.00. The number of hydrogen-bond acceptors (Lipinski definition) is 4. The number of carboxylic acids is 1. The van der Waals surface area contributed by atoms with Crippen LogP contribution in [0.2, 0.25) is 0 Å². The molecule has 0 radical (unpaired) electrons. The zero-order chi connectivity index (χ0) is 23.0. The highest BCUT2D eigenvalue weighted by atomic mass is 19.3. The van der Waals surface area contributed by atoms with Gasteiger partial charge in [0, 0.05) is 30.2 Å². The highest BCUT2D eigenvalue weighted by molar-refractivity contribution is 5.68. The molecule has 0 amide bonds. The summed E-state index contributed by atoms with van der Waals surface area (Å²) in [7, 11) is 1.29. The second-order valence-electron chi connectivity index (χ2n) is 8.60. The van der Waals surface area contributed by atoms with Gasteiger partial charge >= 0.3 is 11.9 Å². The molecular formula is C24H30F2O5. The zero-order valence-corrected chi connectivity index (χ0v) is 18.6. The number of benzene rings is 1. The molecule has 2 aliphatic rings. The molecule has 2 atom stereocenters. The summed E-state index contributed by atoms with van der Waals surface area (Å²) < 4.78 is 47.2. The molecule has 1 aromatic carbocycles. The third-order valence-electron chi connectivity index (χ3n) is 6.40. The Hall–Kier alpha value is -2.41. The first-order valence-corrected chi connectivity index (χ1v) is 10.5. The molecule has 2 unspecified atom stereocenters. The predicted molar refractivity (Wildman–Crippen MR) is 113 cm³/mol. The number of halogens is 2. The molecule has 1 N–H and O–H groups in total. The van der Waals surface area contributed by atoms with Crippen molar-refractivity contribution in [2.24, 2.45) is 0 Å². The minimum Gasteiger partial charge on any atom is -0.492 e. The summed E-state index contributed by atoms with van der Waals surface area (Å²) in [4.78, 5) is 11.0. The van der Waals surface area contributed by atoms with E-state index in [-0.39, 0.29) is 24.0 Å². The number of carboxylic acid groups (broad SMARTS) is 1. The fourth-order valence-electron chi connectivity index (χ4n) is 4.25. The normalized spacial score (nSPS) is 21.8. The summed E-state index contributed by atoms with van der Waals surface area (Å²) in [6, 6.07) is 5.36. The quantitative estimate of drug-likeness (QED) is 0.583. The van der Waals surface area contributed by atoms with Crippen LogP contribution in [0, 0.1) is 0 Å². The van der Waals surface area contributed by atoms with Crippen LogP contribution in [-0.2, 0) is 9.53 Å². The maximum absolute atomic E-state index is 15.2. The predicted octanol–water partition coefficient (Wildman–Crippen LogP) is 5.50. The van der Waals surface area contributed by atoms with Crippen molar-refractivity contribution >= 4 is 5.97 Å². The van der Waals surface area contributed by atoms with E-state index in [1.54, 1.807) is 19.1 Å². The van der Waals surface area contributed by atoms with Gasteiger partial charge in [-0.15, -0.1) is 0 Å². The van der Waals surface area contributed by atoms with Crippen LogP contribution in [0.3, 0.4) is 0 Å². The lowest BCUT2D eigenvalue weighted by Gasteiger charge is -2.35. The molecule has 3 rings (SSSR count). The summed E-state index contributed by atoms with van der Waals surface area (Å²) in [5.41, 5.74) is 0.597. The van der Waals surface area contributed by atoms with Crippen molar-refractivity contribution < 1.29 is 32.9 Å². The number of aliphatic carboxylic acids is 1. The molecule has 0 bridgehead atoms. The molecular weight excluding hydrogens is 406 g/mol.